The zero-order valence-electron chi connectivity index (χ0n) is 14.6. The molecule has 1 fully saturated rings. The summed E-state index contributed by atoms with van der Waals surface area (Å²) in [7, 11) is 0. The number of carbonyl (C=O) groups is 1. The summed E-state index contributed by atoms with van der Waals surface area (Å²) in [5.74, 6) is 0.755. The molecule has 2 heterocycles. The molecule has 140 valence electrons. The Morgan fingerprint density at radius 1 is 1.23 bits per heavy atom. The summed E-state index contributed by atoms with van der Waals surface area (Å²) in [5, 5.41) is 17.3. The number of hydrogen-bond acceptors (Lipinski definition) is 5. The van der Waals surface area contributed by atoms with Crippen molar-refractivity contribution < 1.29 is 19.4 Å². The zero-order chi connectivity index (χ0) is 18.2. The van der Waals surface area contributed by atoms with Gasteiger partial charge in [0.05, 0.1) is 6.61 Å². The van der Waals surface area contributed by atoms with Crippen molar-refractivity contribution in [3.8, 4) is 5.75 Å². The number of nitrogens with one attached hydrogen (secondary N) is 2. The number of ether oxygens (including phenoxy) is 2. The number of aliphatic hydroxyl groups is 1. The van der Waals surface area contributed by atoms with E-state index in [9.17, 15) is 9.90 Å². The number of hydrogen-bond donors (Lipinski definition) is 3. The molecule has 0 spiro atoms. The minimum absolute atomic E-state index is 0.0485. The molecule has 0 bridgehead atoms. The van der Waals surface area contributed by atoms with Crippen LogP contribution in [0.5, 0.6) is 5.75 Å². The Balaban J connectivity index is 1.45. The average molecular weight is 376 g/mol. The largest absolute Gasteiger partial charge is 0.488 e. The van der Waals surface area contributed by atoms with Gasteiger partial charge >= 0.3 is 6.03 Å². The van der Waals surface area contributed by atoms with Crippen LogP contribution in [0.4, 0.5) is 10.5 Å². The second-order valence-corrected chi connectivity index (χ2v) is 7.50. The lowest BCUT2D eigenvalue weighted by molar-refractivity contribution is -0.0136. The van der Waals surface area contributed by atoms with E-state index in [0.29, 0.717) is 32.1 Å². The molecule has 0 aliphatic carbocycles. The molecule has 0 atom stereocenters. The van der Waals surface area contributed by atoms with E-state index in [1.165, 1.54) is 0 Å². The van der Waals surface area contributed by atoms with E-state index in [1.54, 1.807) is 23.5 Å². The van der Waals surface area contributed by atoms with Gasteiger partial charge in [0.15, 0.2) is 0 Å². The van der Waals surface area contributed by atoms with Gasteiger partial charge in [-0.05, 0) is 48.6 Å². The van der Waals surface area contributed by atoms with E-state index in [4.69, 9.17) is 9.47 Å². The lowest BCUT2D eigenvalue weighted by atomic mass is 9.81. The van der Waals surface area contributed by atoms with Crippen molar-refractivity contribution in [2.75, 3.05) is 31.7 Å². The average Bonchev–Trinajstić information content (AvgIpc) is 3.20. The second kappa shape index (κ2) is 9.02. The molecule has 1 aliphatic rings. The Labute approximate surface area is 157 Å². The number of amides is 2. The first-order chi connectivity index (χ1) is 12.7. The number of urea groups is 1. The molecule has 3 N–H and O–H groups in total. The van der Waals surface area contributed by atoms with Crippen molar-refractivity contribution in [2.24, 2.45) is 5.41 Å². The van der Waals surface area contributed by atoms with Crippen LogP contribution >= 0.6 is 11.3 Å². The van der Waals surface area contributed by atoms with Gasteiger partial charge in [-0.3, -0.25) is 0 Å². The third kappa shape index (κ3) is 5.20. The fourth-order valence-electron chi connectivity index (χ4n) is 2.82. The van der Waals surface area contributed by atoms with Gasteiger partial charge in [0.25, 0.3) is 0 Å². The standard InChI is InChI=1S/C19H24N2O4S/c22-14-19(7-9-24-10-8-19)13-20-18(23)21-15-3-5-16(6-4-15)25-12-17-2-1-11-26-17/h1-6,11,22H,7-10,12-14H2,(H2,20,21,23). The van der Waals surface area contributed by atoms with Crippen LogP contribution in [0.3, 0.4) is 0 Å². The number of benzene rings is 1. The maximum atomic E-state index is 12.1. The quantitative estimate of drug-likeness (QED) is 0.693. The van der Waals surface area contributed by atoms with Crippen molar-refractivity contribution >= 4 is 23.1 Å². The molecule has 1 aromatic heterocycles. The Kier molecular flexibility index (Phi) is 6.49. The van der Waals surface area contributed by atoms with E-state index in [-0.39, 0.29) is 18.1 Å². The summed E-state index contributed by atoms with van der Waals surface area (Å²) >= 11 is 1.66. The first-order valence-corrected chi connectivity index (χ1v) is 9.56. The monoisotopic (exact) mass is 376 g/mol. The highest BCUT2D eigenvalue weighted by molar-refractivity contribution is 7.09. The third-order valence-corrected chi connectivity index (χ3v) is 5.44. The van der Waals surface area contributed by atoms with Crippen molar-refractivity contribution in [3.05, 3.63) is 46.7 Å². The maximum absolute atomic E-state index is 12.1. The Morgan fingerprint density at radius 3 is 2.65 bits per heavy atom. The van der Waals surface area contributed by atoms with Gasteiger partial charge in [-0.15, -0.1) is 11.3 Å². The van der Waals surface area contributed by atoms with Crippen molar-refractivity contribution in [2.45, 2.75) is 19.4 Å². The SMILES string of the molecule is O=C(NCC1(CO)CCOCC1)Nc1ccc(OCc2cccs2)cc1. The summed E-state index contributed by atoms with van der Waals surface area (Å²) in [6, 6.07) is 11.0. The van der Waals surface area contributed by atoms with Gasteiger partial charge in [0.2, 0.25) is 0 Å². The molecular formula is C19H24N2O4S. The highest BCUT2D eigenvalue weighted by atomic mass is 32.1. The highest BCUT2D eigenvalue weighted by Gasteiger charge is 2.32. The summed E-state index contributed by atoms with van der Waals surface area (Å²) in [6.45, 7) is 2.26. The molecule has 0 unspecified atom stereocenters. The van der Waals surface area contributed by atoms with Gasteiger partial charge in [-0.25, -0.2) is 4.79 Å². The minimum atomic E-state index is -0.283. The van der Waals surface area contributed by atoms with Crippen LogP contribution in [0, 0.1) is 5.41 Å². The Morgan fingerprint density at radius 2 is 2.00 bits per heavy atom. The second-order valence-electron chi connectivity index (χ2n) is 6.47. The molecule has 3 rings (SSSR count). The molecule has 6 nitrogen and oxygen atoms in total. The molecule has 1 saturated heterocycles. The molecular weight excluding hydrogens is 352 g/mol. The Hall–Kier alpha value is -2.09. The summed E-state index contributed by atoms with van der Waals surface area (Å²) in [6.07, 6.45) is 1.50. The molecule has 26 heavy (non-hydrogen) atoms. The summed E-state index contributed by atoms with van der Waals surface area (Å²) in [5.41, 5.74) is 0.408. The van der Waals surface area contributed by atoms with Crippen LogP contribution < -0.4 is 15.4 Å². The van der Waals surface area contributed by atoms with Crippen molar-refractivity contribution in [1.82, 2.24) is 5.32 Å². The minimum Gasteiger partial charge on any atom is -0.488 e. The van der Waals surface area contributed by atoms with Crippen LogP contribution in [0.2, 0.25) is 0 Å². The van der Waals surface area contributed by atoms with Crippen LogP contribution in [-0.4, -0.2) is 37.5 Å². The van der Waals surface area contributed by atoms with Crippen LogP contribution in [-0.2, 0) is 11.3 Å². The molecule has 2 amide bonds. The molecule has 1 aromatic carbocycles. The number of carbonyl (C=O) groups excluding carboxylic acids is 1. The molecule has 0 saturated carbocycles. The van der Waals surface area contributed by atoms with Crippen LogP contribution in [0.15, 0.2) is 41.8 Å². The molecule has 1 aliphatic heterocycles. The van der Waals surface area contributed by atoms with E-state index >= 15 is 0 Å². The van der Waals surface area contributed by atoms with Gasteiger partial charge < -0.3 is 25.2 Å². The van der Waals surface area contributed by atoms with Crippen LogP contribution in [0.25, 0.3) is 0 Å². The first kappa shape index (κ1) is 18.7. The highest BCUT2D eigenvalue weighted by Crippen LogP contribution is 2.29. The lowest BCUT2D eigenvalue weighted by Crippen LogP contribution is -2.44. The van der Waals surface area contributed by atoms with E-state index in [1.807, 2.05) is 29.6 Å². The summed E-state index contributed by atoms with van der Waals surface area (Å²) < 4.78 is 11.0. The number of rotatable bonds is 7. The van der Waals surface area contributed by atoms with Gasteiger partial charge in [-0.1, -0.05) is 6.07 Å². The maximum Gasteiger partial charge on any atom is 0.319 e. The van der Waals surface area contributed by atoms with Crippen molar-refractivity contribution in [3.63, 3.8) is 0 Å². The predicted molar refractivity (Wildman–Crippen MR) is 102 cm³/mol. The third-order valence-electron chi connectivity index (χ3n) is 4.59. The van der Waals surface area contributed by atoms with E-state index in [2.05, 4.69) is 10.6 Å². The topological polar surface area (TPSA) is 79.8 Å². The number of aliphatic hydroxyl groups excluding tert-OH is 1. The molecule has 7 heteroatoms. The molecule has 2 aromatic rings. The van der Waals surface area contributed by atoms with Crippen LogP contribution in [0.1, 0.15) is 17.7 Å². The fraction of sp³-hybridized carbons (Fsp3) is 0.421. The number of anilines is 1. The normalized spacial score (nSPS) is 16.0. The van der Waals surface area contributed by atoms with E-state index < -0.39 is 0 Å². The number of thiophene rings is 1. The lowest BCUT2D eigenvalue weighted by Gasteiger charge is -2.35. The van der Waals surface area contributed by atoms with Gasteiger partial charge in [-0.2, -0.15) is 0 Å². The molecule has 0 radical (unpaired) electrons. The predicted octanol–water partition coefficient (Wildman–Crippen LogP) is 3.24. The zero-order valence-corrected chi connectivity index (χ0v) is 15.4. The van der Waals surface area contributed by atoms with Crippen molar-refractivity contribution in [1.29, 1.82) is 0 Å². The van der Waals surface area contributed by atoms with E-state index in [0.717, 1.165) is 23.5 Å². The van der Waals surface area contributed by atoms with Gasteiger partial charge in [0.1, 0.15) is 12.4 Å². The first-order valence-electron chi connectivity index (χ1n) is 8.68. The van der Waals surface area contributed by atoms with Gasteiger partial charge in [0, 0.05) is 35.7 Å². The fourth-order valence-corrected chi connectivity index (χ4v) is 3.44. The Bertz CT molecular complexity index is 682. The smallest absolute Gasteiger partial charge is 0.319 e. The summed E-state index contributed by atoms with van der Waals surface area (Å²) in [4.78, 5) is 13.3.